The molecule has 0 amide bonds. The van der Waals surface area contributed by atoms with Crippen LogP contribution in [0, 0.1) is 5.92 Å². The molecule has 1 unspecified atom stereocenters. The Morgan fingerprint density at radius 2 is 2.06 bits per heavy atom. The summed E-state index contributed by atoms with van der Waals surface area (Å²) in [6, 6.07) is 9.05. The topological polar surface area (TPSA) is 91.4 Å². The highest BCUT2D eigenvalue weighted by molar-refractivity contribution is 5.97. The molecule has 0 radical (unpaired) electrons. The summed E-state index contributed by atoms with van der Waals surface area (Å²) in [5.41, 5.74) is 2.48. The normalized spacial score (nSPS) is 16.5. The van der Waals surface area contributed by atoms with Gasteiger partial charge in [-0.25, -0.2) is 4.98 Å². The van der Waals surface area contributed by atoms with Gasteiger partial charge in [-0.3, -0.25) is 10.1 Å². The number of Topliss-reactive ketones (excluding diaryl/α,β-unsaturated/α-hetero) is 1. The molecule has 8 nitrogen and oxygen atoms in total. The number of hydrogen-bond acceptors (Lipinski definition) is 7. The maximum Gasteiger partial charge on any atom is 0.573 e. The van der Waals surface area contributed by atoms with Crippen LogP contribution < -0.4 is 10.1 Å². The van der Waals surface area contributed by atoms with Crippen LogP contribution in [0.25, 0.3) is 22.1 Å². The summed E-state index contributed by atoms with van der Waals surface area (Å²) < 4.78 is 54.5. The molecule has 2 aromatic carbocycles. The minimum absolute atomic E-state index is 0.0685. The smallest absolute Gasteiger partial charge is 0.423 e. The van der Waals surface area contributed by atoms with E-state index < -0.39 is 12.1 Å². The maximum absolute atomic E-state index is 12.5. The van der Waals surface area contributed by atoms with Crippen molar-refractivity contribution in [3.63, 3.8) is 0 Å². The molecule has 3 heterocycles. The SMILES string of the molecule is CC(=O)c1ccc2c(c1)nc(Nc1nc3ccc(OC(F)(F)F)cc3o1)n2CC1CCOC1. The Labute approximate surface area is 185 Å². The molecule has 1 aliphatic heterocycles. The third-order valence-electron chi connectivity index (χ3n) is 5.43. The van der Waals surface area contributed by atoms with Crippen LogP contribution in [0.3, 0.4) is 0 Å². The highest BCUT2D eigenvalue weighted by Crippen LogP contribution is 2.31. The Morgan fingerprint density at radius 1 is 1.21 bits per heavy atom. The van der Waals surface area contributed by atoms with Crippen LogP contribution in [-0.4, -0.2) is 39.9 Å². The van der Waals surface area contributed by atoms with Crippen LogP contribution in [0.1, 0.15) is 23.7 Å². The highest BCUT2D eigenvalue weighted by atomic mass is 19.4. The predicted octanol–water partition coefficient (Wildman–Crippen LogP) is 5.06. The average Bonchev–Trinajstić information content (AvgIpc) is 3.46. The van der Waals surface area contributed by atoms with Crippen molar-refractivity contribution in [1.29, 1.82) is 0 Å². The lowest BCUT2D eigenvalue weighted by Crippen LogP contribution is -2.16. The van der Waals surface area contributed by atoms with Crippen LogP contribution in [0.2, 0.25) is 0 Å². The summed E-state index contributed by atoms with van der Waals surface area (Å²) in [5.74, 6) is 0.265. The van der Waals surface area contributed by atoms with E-state index >= 15 is 0 Å². The van der Waals surface area contributed by atoms with Gasteiger partial charge in [-0.2, -0.15) is 4.98 Å². The van der Waals surface area contributed by atoms with Crippen LogP contribution in [0.4, 0.5) is 25.1 Å². The number of benzene rings is 2. The second-order valence-electron chi connectivity index (χ2n) is 7.86. The number of ether oxygens (including phenoxy) is 2. The van der Waals surface area contributed by atoms with Gasteiger partial charge >= 0.3 is 12.4 Å². The Balaban J connectivity index is 1.50. The molecule has 1 fully saturated rings. The molecule has 0 spiro atoms. The number of carbonyl (C=O) groups is 1. The molecule has 1 aliphatic rings. The summed E-state index contributed by atoms with van der Waals surface area (Å²) in [4.78, 5) is 20.7. The van der Waals surface area contributed by atoms with E-state index in [2.05, 4.69) is 20.0 Å². The second kappa shape index (κ2) is 8.07. The molecular weight excluding hydrogens is 441 g/mol. The van der Waals surface area contributed by atoms with Crippen molar-refractivity contribution in [2.24, 2.45) is 5.92 Å². The van der Waals surface area contributed by atoms with Gasteiger partial charge in [0.15, 0.2) is 11.4 Å². The van der Waals surface area contributed by atoms with Crippen LogP contribution in [0.15, 0.2) is 40.8 Å². The first-order valence-electron chi connectivity index (χ1n) is 10.3. The summed E-state index contributed by atoms with van der Waals surface area (Å²) in [7, 11) is 0. The van der Waals surface area contributed by atoms with E-state index in [1.54, 1.807) is 12.1 Å². The van der Waals surface area contributed by atoms with Gasteiger partial charge in [0.2, 0.25) is 5.95 Å². The monoisotopic (exact) mass is 460 g/mol. The van der Waals surface area contributed by atoms with Gasteiger partial charge in [0.05, 0.1) is 17.6 Å². The number of oxazole rings is 1. The number of anilines is 2. The molecular formula is C22H19F3N4O4. The number of aromatic nitrogens is 3. The number of imidazole rings is 1. The van der Waals surface area contributed by atoms with E-state index in [-0.39, 0.29) is 17.4 Å². The molecule has 11 heteroatoms. The first-order valence-corrected chi connectivity index (χ1v) is 10.3. The van der Waals surface area contributed by atoms with E-state index in [0.29, 0.717) is 48.2 Å². The number of halogens is 3. The predicted molar refractivity (Wildman–Crippen MR) is 113 cm³/mol. The Bertz CT molecular complexity index is 1340. The Morgan fingerprint density at radius 3 is 2.79 bits per heavy atom. The molecule has 0 aliphatic carbocycles. The lowest BCUT2D eigenvalue weighted by atomic mass is 10.1. The number of fused-ring (bicyclic) bond motifs is 2. The molecule has 0 bridgehead atoms. The van der Waals surface area contributed by atoms with Crippen molar-refractivity contribution in [2.45, 2.75) is 26.3 Å². The van der Waals surface area contributed by atoms with E-state index in [1.165, 1.54) is 19.1 Å². The Hall–Kier alpha value is -3.60. The van der Waals surface area contributed by atoms with E-state index in [1.807, 2.05) is 10.6 Å². The summed E-state index contributed by atoms with van der Waals surface area (Å²) in [5, 5.41) is 3.03. The molecule has 172 valence electrons. The number of rotatable bonds is 6. The lowest BCUT2D eigenvalue weighted by molar-refractivity contribution is -0.274. The van der Waals surface area contributed by atoms with Gasteiger partial charge in [0.1, 0.15) is 11.3 Å². The van der Waals surface area contributed by atoms with Crippen molar-refractivity contribution in [3.05, 3.63) is 42.0 Å². The maximum atomic E-state index is 12.5. The first-order chi connectivity index (χ1) is 15.7. The van der Waals surface area contributed by atoms with Crippen LogP contribution >= 0.6 is 0 Å². The molecule has 1 N–H and O–H groups in total. The zero-order valence-electron chi connectivity index (χ0n) is 17.5. The number of carbonyl (C=O) groups excluding carboxylic acids is 1. The molecule has 2 aromatic heterocycles. The lowest BCUT2D eigenvalue weighted by Gasteiger charge is -2.13. The largest absolute Gasteiger partial charge is 0.573 e. The Kier molecular flexibility index (Phi) is 5.20. The molecule has 0 saturated carbocycles. The molecule has 5 rings (SSSR count). The van der Waals surface area contributed by atoms with Gasteiger partial charge in [-0.1, -0.05) is 0 Å². The standard InChI is InChI=1S/C22H19F3N4O4/c1-12(30)14-2-5-18-17(8-14)26-20(29(18)10-13-6-7-31-11-13)28-21-27-16-4-3-15(9-19(16)32-21)33-22(23,24)25/h2-5,8-9,13H,6-7,10-11H2,1H3,(H,26,27,28). The number of nitrogens with one attached hydrogen (secondary N) is 1. The third-order valence-corrected chi connectivity index (χ3v) is 5.43. The fourth-order valence-electron chi connectivity index (χ4n) is 3.87. The van der Waals surface area contributed by atoms with E-state index in [0.717, 1.165) is 18.0 Å². The first kappa shape index (κ1) is 21.3. The minimum atomic E-state index is -4.80. The average molecular weight is 460 g/mol. The van der Waals surface area contributed by atoms with E-state index in [9.17, 15) is 18.0 Å². The number of hydrogen-bond donors (Lipinski definition) is 1. The number of nitrogens with zero attached hydrogens (tertiary/aromatic N) is 3. The van der Waals surface area contributed by atoms with Gasteiger partial charge in [-0.05, 0) is 43.7 Å². The van der Waals surface area contributed by atoms with Crippen molar-refractivity contribution >= 4 is 39.9 Å². The molecule has 33 heavy (non-hydrogen) atoms. The summed E-state index contributed by atoms with van der Waals surface area (Å²) in [6.45, 7) is 3.45. The third kappa shape index (κ3) is 4.49. The summed E-state index contributed by atoms with van der Waals surface area (Å²) in [6.07, 6.45) is -3.89. The second-order valence-corrected chi connectivity index (χ2v) is 7.86. The quantitative estimate of drug-likeness (QED) is 0.402. The highest BCUT2D eigenvalue weighted by Gasteiger charge is 2.31. The van der Waals surface area contributed by atoms with Gasteiger partial charge in [-0.15, -0.1) is 13.2 Å². The van der Waals surface area contributed by atoms with Crippen molar-refractivity contribution in [2.75, 3.05) is 18.5 Å². The fraction of sp³-hybridized carbons (Fsp3) is 0.318. The summed E-state index contributed by atoms with van der Waals surface area (Å²) >= 11 is 0. The van der Waals surface area contributed by atoms with Gasteiger partial charge < -0.3 is 18.5 Å². The van der Waals surface area contributed by atoms with E-state index in [4.69, 9.17) is 9.15 Å². The van der Waals surface area contributed by atoms with Crippen molar-refractivity contribution in [3.8, 4) is 5.75 Å². The van der Waals surface area contributed by atoms with Crippen LogP contribution in [0.5, 0.6) is 5.75 Å². The zero-order chi connectivity index (χ0) is 23.2. The number of alkyl halides is 3. The minimum Gasteiger partial charge on any atom is -0.423 e. The van der Waals surface area contributed by atoms with Gasteiger partial charge in [0.25, 0.3) is 0 Å². The van der Waals surface area contributed by atoms with Gasteiger partial charge in [0, 0.05) is 30.7 Å². The molecule has 1 atom stereocenters. The van der Waals surface area contributed by atoms with Crippen molar-refractivity contribution < 1.29 is 31.9 Å². The van der Waals surface area contributed by atoms with Crippen LogP contribution in [-0.2, 0) is 11.3 Å². The molecule has 4 aromatic rings. The number of ketones is 1. The molecule has 1 saturated heterocycles. The zero-order valence-corrected chi connectivity index (χ0v) is 17.5. The fourth-order valence-corrected chi connectivity index (χ4v) is 3.87. The van der Waals surface area contributed by atoms with Crippen molar-refractivity contribution in [1.82, 2.24) is 14.5 Å².